The number of para-hydroxylation sites is 1. The number of carbonyl (C=O) groups excluding carboxylic acids is 1. The monoisotopic (exact) mass is 275 g/mol. The van der Waals surface area contributed by atoms with E-state index >= 15 is 0 Å². The van der Waals surface area contributed by atoms with Gasteiger partial charge in [0.05, 0.1) is 0 Å². The second-order valence-corrected chi connectivity index (χ2v) is 5.31. The fraction of sp³-hybridized carbons (Fsp3) is 0.562. The highest BCUT2D eigenvalue weighted by atomic mass is 16.1. The van der Waals surface area contributed by atoms with Crippen LogP contribution >= 0.6 is 0 Å². The Morgan fingerprint density at radius 1 is 1.35 bits per heavy atom. The maximum atomic E-state index is 11.3. The third-order valence-corrected chi connectivity index (χ3v) is 4.03. The van der Waals surface area contributed by atoms with Crippen LogP contribution in [0.25, 0.3) is 0 Å². The van der Waals surface area contributed by atoms with E-state index in [1.54, 1.807) is 7.05 Å². The van der Waals surface area contributed by atoms with Crippen molar-refractivity contribution in [1.82, 2.24) is 10.6 Å². The molecule has 1 aliphatic rings. The number of hydrogen-bond acceptors (Lipinski definition) is 3. The number of nitrogens with zero attached hydrogens (tertiary/aromatic N) is 1. The molecule has 20 heavy (non-hydrogen) atoms. The Labute approximate surface area is 121 Å². The highest BCUT2D eigenvalue weighted by molar-refractivity contribution is 5.75. The summed E-state index contributed by atoms with van der Waals surface area (Å²) in [5.74, 6) is 0.126. The lowest BCUT2D eigenvalue weighted by atomic mass is 10.0. The third-order valence-electron chi connectivity index (χ3n) is 4.03. The average Bonchev–Trinajstić information content (AvgIpc) is 2.66. The summed E-state index contributed by atoms with van der Waals surface area (Å²) in [4.78, 5) is 13.8. The van der Waals surface area contributed by atoms with Crippen molar-refractivity contribution in [2.45, 2.75) is 31.7 Å². The first-order valence-electron chi connectivity index (χ1n) is 7.48. The van der Waals surface area contributed by atoms with Gasteiger partial charge in [-0.1, -0.05) is 18.2 Å². The zero-order chi connectivity index (χ0) is 14.4. The van der Waals surface area contributed by atoms with E-state index in [1.165, 1.54) is 24.1 Å². The fourth-order valence-electron chi connectivity index (χ4n) is 2.92. The Bertz CT molecular complexity index is 447. The Morgan fingerprint density at radius 3 is 2.90 bits per heavy atom. The van der Waals surface area contributed by atoms with Crippen LogP contribution in [0.15, 0.2) is 24.3 Å². The number of fused-ring (bicyclic) bond motifs is 1. The molecule has 2 N–H and O–H groups in total. The summed E-state index contributed by atoms with van der Waals surface area (Å²) in [6, 6.07) is 9.06. The maximum Gasteiger partial charge on any atom is 0.219 e. The minimum absolute atomic E-state index is 0.126. The average molecular weight is 275 g/mol. The second-order valence-electron chi connectivity index (χ2n) is 5.31. The smallest absolute Gasteiger partial charge is 0.219 e. The van der Waals surface area contributed by atoms with Crippen molar-refractivity contribution in [3.8, 4) is 0 Å². The summed E-state index contributed by atoms with van der Waals surface area (Å²) in [5.41, 5.74) is 2.70. The molecule has 1 atom stereocenters. The highest BCUT2D eigenvalue weighted by Crippen LogP contribution is 2.32. The first-order valence-corrected chi connectivity index (χ1v) is 7.48. The molecule has 110 valence electrons. The predicted molar refractivity (Wildman–Crippen MR) is 83.0 cm³/mol. The molecule has 0 aromatic heterocycles. The van der Waals surface area contributed by atoms with Crippen molar-refractivity contribution in [2.24, 2.45) is 0 Å². The molecule has 1 aliphatic heterocycles. The molecule has 4 nitrogen and oxygen atoms in total. The van der Waals surface area contributed by atoms with Gasteiger partial charge in [-0.25, -0.2) is 0 Å². The number of benzene rings is 1. The molecule has 0 fully saturated rings. The minimum Gasteiger partial charge on any atom is -0.371 e. The van der Waals surface area contributed by atoms with Crippen LogP contribution in [0.1, 0.15) is 37.3 Å². The van der Waals surface area contributed by atoms with E-state index in [-0.39, 0.29) is 5.91 Å². The largest absolute Gasteiger partial charge is 0.371 e. The normalized spacial score (nSPS) is 18.3. The number of nitrogens with one attached hydrogen (secondary N) is 2. The van der Waals surface area contributed by atoms with E-state index in [0.29, 0.717) is 12.5 Å². The second kappa shape index (κ2) is 7.29. The number of anilines is 1. The Balaban J connectivity index is 2.07. The molecule has 0 bridgehead atoms. The van der Waals surface area contributed by atoms with Crippen LogP contribution in [0.4, 0.5) is 5.69 Å². The zero-order valence-electron chi connectivity index (χ0n) is 12.5. The molecule has 0 aliphatic carbocycles. The highest BCUT2D eigenvalue weighted by Gasteiger charge is 2.21. The molecular formula is C16H25N3O. The maximum absolute atomic E-state index is 11.3. The van der Waals surface area contributed by atoms with Crippen molar-refractivity contribution in [3.05, 3.63) is 29.8 Å². The molecule has 0 saturated heterocycles. The van der Waals surface area contributed by atoms with Crippen LogP contribution in [0, 0.1) is 0 Å². The quantitative estimate of drug-likeness (QED) is 0.864. The van der Waals surface area contributed by atoms with Gasteiger partial charge >= 0.3 is 0 Å². The Morgan fingerprint density at radius 2 is 2.15 bits per heavy atom. The molecule has 1 amide bonds. The lowest BCUT2D eigenvalue weighted by Crippen LogP contribution is -2.27. The lowest BCUT2D eigenvalue weighted by molar-refractivity contribution is -0.120. The number of carbonyl (C=O) groups is 1. The van der Waals surface area contributed by atoms with E-state index in [0.717, 1.165) is 19.5 Å². The standard InChI is InChI=1S/C16H25N3O/c1-17-14-8-5-11-19(12-6-10-16(20)18-2)15-9-4-3-7-13(14)15/h3-4,7,9,14,17H,5-6,8,10-12H2,1-2H3,(H,18,20). The summed E-state index contributed by atoms with van der Waals surface area (Å²) in [5, 5.41) is 6.10. The van der Waals surface area contributed by atoms with Crippen molar-refractivity contribution in [3.63, 3.8) is 0 Å². The minimum atomic E-state index is 0.126. The topological polar surface area (TPSA) is 44.4 Å². The van der Waals surface area contributed by atoms with E-state index < -0.39 is 0 Å². The van der Waals surface area contributed by atoms with Crippen molar-refractivity contribution >= 4 is 11.6 Å². The molecule has 1 aromatic carbocycles. The molecule has 2 rings (SSSR count). The molecular weight excluding hydrogens is 250 g/mol. The van der Waals surface area contributed by atoms with Crippen molar-refractivity contribution in [2.75, 3.05) is 32.1 Å². The van der Waals surface area contributed by atoms with Crippen LogP contribution in [-0.2, 0) is 4.79 Å². The molecule has 0 saturated carbocycles. The van der Waals surface area contributed by atoms with Gasteiger partial charge < -0.3 is 15.5 Å². The van der Waals surface area contributed by atoms with Gasteiger partial charge in [0.1, 0.15) is 0 Å². The van der Waals surface area contributed by atoms with Gasteiger partial charge in [-0.2, -0.15) is 0 Å². The molecule has 1 heterocycles. The Hall–Kier alpha value is -1.55. The number of amides is 1. The van der Waals surface area contributed by atoms with Crippen LogP contribution in [0.3, 0.4) is 0 Å². The van der Waals surface area contributed by atoms with Gasteiger partial charge in [-0.15, -0.1) is 0 Å². The summed E-state index contributed by atoms with van der Waals surface area (Å²) >= 11 is 0. The Kier molecular flexibility index (Phi) is 5.41. The first kappa shape index (κ1) is 14.9. The third kappa shape index (κ3) is 3.51. The molecule has 1 unspecified atom stereocenters. The van der Waals surface area contributed by atoms with Gasteiger partial charge in [0.25, 0.3) is 0 Å². The SMILES string of the molecule is CNC(=O)CCCN1CCCC(NC)c2ccccc21. The van der Waals surface area contributed by atoms with Gasteiger partial charge in [0, 0.05) is 38.3 Å². The molecule has 0 spiro atoms. The number of rotatable bonds is 5. The van der Waals surface area contributed by atoms with Gasteiger partial charge in [-0.3, -0.25) is 4.79 Å². The van der Waals surface area contributed by atoms with E-state index in [1.807, 2.05) is 7.05 Å². The molecule has 4 heteroatoms. The summed E-state index contributed by atoms with van der Waals surface area (Å²) in [7, 11) is 3.73. The fourth-order valence-corrected chi connectivity index (χ4v) is 2.92. The van der Waals surface area contributed by atoms with Gasteiger partial charge in [-0.05, 0) is 37.9 Å². The van der Waals surface area contributed by atoms with E-state index in [9.17, 15) is 4.79 Å². The van der Waals surface area contributed by atoms with Crippen LogP contribution in [0.2, 0.25) is 0 Å². The van der Waals surface area contributed by atoms with Crippen LogP contribution < -0.4 is 15.5 Å². The van der Waals surface area contributed by atoms with Gasteiger partial charge in [0.15, 0.2) is 0 Å². The van der Waals surface area contributed by atoms with Gasteiger partial charge in [0.2, 0.25) is 5.91 Å². The van der Waals surface area contributed by atoms with Crippen molar-refractivity contribution in [1.29, 1.82) is 0 Å². The molecule has 1 aromatic rings. The summed E-state index contributed by atoms with van der Waals surface area (Å²) in [6.07, 6.45) is 3.85. The van der Waals surface area contributed by atoms with E-state index in [2.05, 4.69) is 39.8 Å². The lowest BCUT2D eigenvalue weighted by Gasteiger charge is -2.25. The van der Waals surface area contributed by atoms with Crippen LogP contribution in [-0.4, -0.2) is 33.1 Å². The summed E-state index contributed by atoms with van der Waals surface area (Å²) in [6.45, 7) is 2.02. The van der Waals surface area contributed by atoms with Crippen molar-refractivity contribution < 1.29 is 4.79 Å². The molecule has 0 radical (unpaired) electrons. The zero-order valence-corrected chi connectivity index (χ0v) is 12.5. The van der Waals surface area contributed by atoms with E-state index in [4.69, 9.17) is 0 Å². The predicted octanol–water partition coefficient (Wildman–Crippen LogP) is 2.07. The first-order chi connectivity index (χ1) is 9.76. The van der Waals surface area contributed by atoms with Crippen LogP contribution in [0.5, 0.6) is 0 Å². The number of hydrogen-bond donors (Lipinski definition) is 2. The summed E-state index contributed by atoms with van der Waals surface area (Å²) < 4.78 is 0.